The van der Waals surface area contributed by atoms with Crippen molar-refractivity contribution in [2.24, 2.45) is 23.2 Å². The molecular weight excluding hydrogens is 280 g/mol. The number of carbonyl (C=O) groups is 2. The number of aliphatic carboxylic acids is 1. The Morgan fingerprint density at radius 3 is 2.68 bits per heavy atom. The number of hydrogen-bond donors (Lipinski definition) is 1. The highest BCUT2D eigenvalue weighted by Gasteiger charge is 2.73. The second-order valence-corrected chi connectivity index (χ2v) is 6.96. The minimum Gasteiger partial charge on any atom is -0.481 e. The molecule has 2 fully saturated rings. The molecule has 1 N–H and O–H groups in total. The van der Waals surface area contributed by atoms with E-state index in [2.05, 4.69) is 0 Å². The maximum absolute atomic E-state index is 12.4. The summed E-state index contributed by atoms with van der Waals surface area (Å²) in [5.74, 6) is -1.53. The monoisotopic (exact) mass is 302 g/mol. The lowest BCUT2D eigenvalue weighted by molar-refractivity contribution is -0.153. The topological polar surface area (TPSA) is 63.6 Å². The Kier molecular flexibility index (Phi) is 3.50. The summed E-state index contributed by atoms with van der Waals surface area (Å²) in [4.78, 5) is 23.7. The van der Waals surface area contributed by atoms with Gasteiger partial charge in [0.25, 0.3) is 0 Å². The van der Waals surface area contributed by atoms with Crippen molar-refractivity contribution in [2.45, 2.75) is 40.2 Å². The molecule has 0 unspecified atom stereocenters. The minimum atomic E-state index is -0.778. The number of hydrogen-bond acceptors (Lipinski definition) is 3. The molecule has 0 bridgehead atoms. The van der Waals surface area contributed by atoms with Gasteiger partial charge in [0.2, 0.25) is 0 Å². The third kappa shape index (κ3) is 2.21. The fraction of sp³-hybridized carbons (Fsp3) is 0.556. The van der Waals surface area contributed by atoms with E-state index in [-0.39, 0.29) is 30.3 Å². The molecule has 0 amide bonds. The van der Waals surface area contributed by atoms with Crippen LogP contribution in [0.25, 0.3) is 0 Å². The molecule has 4 atom stereocenters. The van der Waals surface area contributed by atoms with E-state index in [0.717, 1.165) is 29.5 Å². The van der Waals surface area contributed by atoms with Crippen molar-refractivity contribution in [2.75, 3.05) is 0 Å². The predicted octanol–water partition coefficient (Wildman–Crippen LogP) is 3.09. The SMILES string of the molecule is Cc1ccc(C)c(COC(=O)[C@@H]2CC[C@H]3[C@H](C(=O)O)[C@@]23C)c1. The molecule has 0 saturated heterocycles. The van der Waals surface area contributed by atoms with E-state index in [0.29, 0.717) is 0 Å². The van der Waals surface area contributed by atoms with E-state index in [1.165, 1.54) is 0 Å². The number of carbonyl (C=O) groups excluding carboxylic acids is 1. The zero-order chi connectivity index (χ0) is 16.1. The minimum absolute atomic E-state index is 0.142. The van der Waals surface area contributed by atoms with Crippen molar-refractivity contribution in [3.63, 3.8) is 0 Å². The Labute approximate surface area is 130 Å². The van der Waals surface area contributed by atoms with Crippen molar-refractivity contribution in [1.29, 1.82) is 0 Å². The number of esters is 1. The average molecular weight is 302 g/mol. The molecule has 0 radical (unpaired) electrons. The van der Waals surface area contributed by atoms with Gasteiger partial charge in [0.05, 0.1) is 11.8 Å². The summed E-state index contributed by atoms with van der Waals surface area (Å²) in [5, 5.41) is 9.25. The summed E-state index contributed by atoms with van der Waals surface area (Å²) < 4.78 is 5.51. The van der Waals surface area contributed by atoms with E-state index in [1.807, 2.05) is 39.0 Å². The van der Waals surface area contributed by atoms with Crippen LogP contribution < -0.4 is 0 Å². The van der Waals surface area contributed by atoms with Crippen molar-refractivity contribution in [1.82, 2.24) is 0 Å². The Hall–Kier alpha value is -1.84. The van der Waals surface area contributed by atoms with E-state index in [4.69, 9.17) is 4.74 Å². The van der Waals surface area contributed by atoms with Crippen LogP contribution in [0.3, 0.4) is 0 Å². The summed E-state index contributed by atoms with van der Waals surface area (Å²) in [6.07, 6.45) is 1.56. The molecule has 0 spiro atoms. The van der Waals surface area contributed by atoms with E-state index >= 15 is 0 Å². The van der Waals surface area contributed by atoms with E-state index < -0.39 is 11.4 Å². The van der Waals surface area contributed by atoms with Crippen LogP contribution in [0.1, 0.15) is 36.5 Å². The van der Waals surface area contributed by atoms with Crippen LogP contribution >= 0.6 is 0 Å². The largest absolute Gasteiger partial charge is 0.481 e. The van der Waals surface area contributed by atoms with Gasteiger partial charge in [-0.05, 0) is 49.1 Å². The first-order chi connectivity index (χ1) is 10.4. The highest BCUT2D eigenvalue weighted by Crippen LogP contribution is 2.71. The van der Waals surface area contributed by atoms with Crippen molar-refractivity contribution >= 4 is 11.9 Å². The van der Waals surface area contributed by atoms with Crippen LogP contribution in [0.2, 0.25) is 0 Å². The first kappa shape index (κ1) is 15.1. The number of benzene rings is 1. The Morgan fingerprint density at radius 2 is 2.05 bits per heavy atom. The highest BCUT2D eigenvalue weighted by molar-refractivity contribution is 5.82. The van der Waals surface area contributed by atoms with Gasteiger partial charge in [-0.2, -0.15) is 0 Å². The molecule has 2 aliphatic rings. The van der Waals surface area contributed by atoms with Crippen LogP contribution in [0.15, 0.2) is 18.2 Å². The number of carboxylic acid groups (broad SMARTS) is 1. The number of rotatable bonds is 4. The molecule has 2 aliphatic carbocycles. The normalized spacial score (nSPS) is 32.4. The molecule has 1 aromatic rings. The summed E-state index contributed by atoms with van der Waals surface area (Å²) in [6, 6.07) is 6.08. The zero-order valence-corrected chi connectivity index (χ0v) is 13.3. The predicted molar refractivity (Wildman–Crippen MR) is 81.2 cm³/mol. The average Bonchev–Trinajstić information content (AvgIpc) is 2.92. The van der Waals surface area contributed by atoms with Gasteiger partial charge in [-0.25, -0.2) is 0 Å². The van der Waals surface area contributed by atoms with Gasteiger partial charge < -0.3 is 9.84 Å². The first-order valence-electron chi connectivity index (χ1n) is 7.81. The fourth-order valence-electron chi connectivity index (χ4n) is 4.25. The van der Waals surface area contributed by atoms with E-state index in [9.17, 15) is 14.7 Å². The van der Waals surface area contributed by atoms with Gasteiger partial charge in [0.15, 0.2) is 0 Å². The quantitative estimate of drug-likeness (QED) is 0.868. The molecular formula is C18H22O4. The smallest absolute Gasteiger partial charge is 0.309 e. The Balaban J connectivity index is 1.66. The van der Waals surface area contributed by atoms with Crippen molar-refractivity contribution < 1.29 is 19.4 Å². The van der Waals surface area contributed by atoms with Gasteiger partial charge >= 0.3 is 11.9 Å². The highest BCUT2D eigenvalue weighted by atomic mass is 16.5. The third-order valence-corrected chi connectivity index (χ3v) is 5.70. The van der Waals surface area contributed by atoms with E-state index in [1.54, 1.807) is 0 Å². The Bertz CT molecular complexity index is 636. The van der Waals surface area contributed by atoms with Crippen LogP contribution in [0.4, 0.5) is 0 Å². The number of ether oxygens (including phenoxy) is 1. The lowest BCUT2D eigenvalue weighted by atomic mass is 9.89. The molecule has 0 aliphatic heterocycles. The van der Waals surface area contributed by atoms with Crippen molar-refractivity contribution in [3.05, 3.63) is 34.9 Å². The molecule has 1 aromatic carbocycles. The van der Waals surface area contributed by atoms with Gasteiger partial charge in [0, 0.05) is 0 Å². The Morgan fingerprint density at radius 1 is 1.32 bits per heavy atom. The van der Waals surface area contributed by atoms with Gasteiger partial charge in [-0.3, -0.25) is 9.59 Å². The molecule has 3 rings (SSSR count). The molecule has 118 valence electrons. The second kappa shape index (κ2) is 5.11. The zero-order valence-electron chi connectivity index (χ0n) is 13.3. The van der Waals surface area contributed by atoms with Crippen LogP contribution in [0, 0.1) is 37.0 Å². The van der Waals surface area contributed by atoms with Crippen LogP contribution in [0.5, 0.6) is 0 Å². The third-order valence-electron chi connectivity index (χ3n) is 5.70. The summed E-state index contributed by atoms with van der Waals surface area (Å²) in [5.41, 5.74) is 2.85. The van der Waals surface area contributed by atoms with Gasteiger partial charge in [-0.1, -0.05) is 30.7 Å². The molecule has 2 saturated carbocycles. The molecule has 4 heteroatoms. The summed E-state index contributed by atoms with van der Waals surface area (Å²) in [7, 11) is 0. The van der Waals surface area contributed by atoms with Gasteiger partial charge in [-0.15, -0.1) is 0 Å². The fourth-order valence-corrected chi connectivity index (χ4v) is 4.25. The first-order valence-corrected chi connectivity index (χ1v) is 7.81. The molecule has 0 aromatic heterocycles. The lowest BCUT2D eigenvalue weighted by Crippen LogP contribution is -2.26. The number of aryl methyl sites for hydroxylation is 2. The molecule has 22 heavy (non-hydrogen) atoms. The second-order valence-electron chi connectivity index (χ2n) is 6.96. The van der Waals surface area contributed by atoms with Crippen LogP contribution in [-0.2, 0) is 20.9 Å². The molecule has 0 heterocycles. The standard InChI is InChI=1S/C18H22O4/c1-10-4-5-11(2)12(8-10)9-22-17(21)14-7-6-13-15(16(19)20)18(13,14)3/h4-5,8,13-15H,6-7,9H2,1-3H3,(H,19,20)/t13-,14-,15+,18+/m0/s1. The maximum atomic E-state index is 12.4. The maximum Gasteiger partial charge on any atom is 0.309 e. The lowest BCUT2D eigenvalue weighted by Gasteiger charge is -2.19. The summed E-state index contributed by atoms with van der Waals surface area (Å²) >= 11 is 0. The molecule has 4 nitrogen and oxygen atoms in total. The number of carboxylic acids is 1. The summed E-state index contributed by atoms with van der Waals surface area (Å²) in [6.45, 7) is 6.19. The number of fused-ring (bicyclic) bond motifs is 1. The van der Waals surface area contributed by atoms with Crippen molar-refractivity contribution in [3.8, 4) is 0 Å². The van der Waals surface area contributed by atoms with Gasteiger partial charge in [0.1, 0.15) is 6.61 Å². The van der Waals surface area contributed by atoms with Crippen LogP contribution in [-0.4, -0.2) is 17.0 Å².